The molecule has 0 radical (unpaired) electrons. The van der Waals surface area contributed by atoms with Crippen LogP contribution in [0.1, 0.15) is 21.7 Å². The summed E-state index contributed by atoms with van der Waals surface area (Å²) in [6.07, 6.45) is 0.477. The Bertz CT molecular complexity index is 993. The van der Waals surface area contributed by atoms with Crippen LogP contribution in [0.25, 0.3) is 10.6 Å². The lowest BCUT2D eigenvalue weighted by Gasteiger charge is -2.08. The fraction of sp³-hybridized carbons (Fsp3) is 0.167. The predicted octanol–water partition coefficient (Wildman–Crippen LogP) is 4.87. The Labute approximate surface area is 162 Å². The number of carbonyl (C=O) groups is 2. The summed E-state index contributed by atoms with van der Waals surface area (Å²) in [7, 11) is 0. The second kappa shape index (κ2) is 7.22. The number of nitrogens with one attached hydrogen (secondary N) is 2. The molecule has 2 amide bonds. The summed E-state index contributed by atoms with van der Waals surface area (Å²) in [5, 5.41) is 8.20. The molecule has 4 rings (SSSR count). The van der Waals surface area contributed by atoms with E-state index in [0.717, 1.165) is 21.2 Å². The number of rotatable bonds is 3. The number of thiazole rings is 1. The van der Waals surface area contributed by atoms with Gasteiger partial charge in [0.15, 0.2) is 5.13 Å². The highest BCUT2D eigenvalue weighted by molar-refractivity contribution is 7.99. The highest BCUT2D eigenvalue weighted by Gasteiger charge is 2.17. The molecular weight excluding hydrogens is 386 g/mol. The molecular formula is C18H15N3O2S3. The van der Waals surface area contributed by atoms with Gasteiger partial charge in [-0.2, -0.15) is 0 Å². The molecule has 3 aromatic rings. The SMILES string of the molecule is Cc1ccc(-c2csc(NC(=O)c3ccc4c(c3)NC(=O)CCS4)n2)s1. The first-order valence-electron chi connectivity index (χ1n) is 7.99. The monoisotopic (exact) mass is 401 g/mol. The van der Waals surface area contributed by atoms with Crippen LogP contribution in [0.3, 0.4) is 0 Å². The molecule has 0 fully saturated rings. The van der Waals surface area contributed by atoms with Gasteiger partial charge in [0.25, 0.3) is 5.91 Å². The summed E-state index contributed by atoms with van der Waals surface area (Å²) in [5.41, 5.74) is 2.06. The maximum atomic E-state index is 12.6. The summed E-state index contributed by atoms with van der Waals surface area (Å²) in [5.74, 6) is 0.484. The van der Waals surface area contributed by atoms with Crippen molar-refractivity contribution in [3.63, 3.8) is 0 Å². The van der Waals surface area contributed by atoms with Crippen LogP contribution in [0.15, 0.2) is 40.6 Å². The molecule has 0 saturated heterocycles. The van der Waals surface area contributed by atoms with Crippen molar-refractivity contribution < 1.29 is 9.59 Å². The molecule has 0 aliphatic carbocycles. The number of aromatic nitrogens is 1. The number of hydrogen-bond donors (Lipinski definition) is 2. The molecule has 5 nitrogen and oxygen atoms in total. The van der Waals surface area contributed by atoms with Crippen molar-refractivity contribution in [3.8, 4) is 10.6 Å². The minimum Gasteiger partial charge on any atom is -0.325 e. The van der Waals surface area contributed by atoms with Crippen LogP contribution >= 0.6 is 34.4 Å². The van der Waals surface area contributed by atoms with E-state index in [1.165, 1.54) is 16.2 Å². The Kier molecular flexibility index (Phi) is 4.80. The molecule has 1 aliphatic heterocycles. The van der Waals surface area contributed by atoms with Gasteiger partial charge in [0.2, 0.25) is 5.91 Å². The topological polar surface area (TPSA) is 71.1 Å². The zero-order valence-electron chi connectivity index (χ0n) is 13.9. The molecule has 2 N–H and O–H groups in total. The van der Waals surface area contributed by atoms with Gasteiger partial charge >= 0.3 is 0 Å². The van der Waals surface area contributed by atoms with Crippen molar-refractivity contribution in [2.75, 3.05) is 16.4 Å². The van der Waals surface area contributed by atoms with Crippen LogP contribution in [0.2, 0.25) is 0 Å². The molecule has 2 aromatic heterocycles. The molecule has 0 atom stereocenters. The quantitative estimate of drug-likeness (QED) is 0.657. The molecule has 1 aromatic carbocycles. The van der Waals surface area contributed by atoms with E-state index in [0.29, 0.717) is 22.8 Å². The third-order valence-corrected chi connectivity index (χ3v) is 6.68. The van der Waals surface area contributed by atoms with E-state index >= 15 is 0 Å². The fourth-order valence-corrected chi connectivity index (χ4v) is 5.09. The number of thioether (sulfide) groups is 1. The molecule has 132 valence electrons. The largest absolute Gasteiger partial charge is 0.325 e. The minimum absolute atomic E-state index is 0.0235. The zero-order chi connectivity index (χ0) is 18.1. The van der Waals surface area contributed by atoms with Gasteiger partial charge in [-0.15, -0.1) is 34.4 Å². The van der Waals surface area contributed by atoms with Crippen molar-refractivity contribution in [1.82, 2.24) is 4.98 Å². The average Bonchev–Trinajstić information content (AvgIpc) is 3.20. The standard InChI is InChI=1S/C18H15N3O2S3/c1-10-2-4-15(26-10)13-9-25-18(20-13)21-17(23)11-3-5-14-12(8-11)19-16(22)6-7-24-14/h2-5,8-9H,6-7H2,1H3,(H,19,22)(H,20,21,23). The van der Waals surface area contributed by atoms with Gasteiger partial charge < -0.3 is 5.32 Å². The maximum absolute atomic E-state index is 12.6. The van der Waals surface area contributed by atoms with E-state index in [-0.39, 0.29) is 11.8 Å². The lowest BCUT2D eigenvalue weighted by molar-refractivity contribution is -0.115. The number of benzene rings is 1. The first kappa shape index (κ1) is 17.3. The van der Waals surface area contributed by atoms with Crippen LogP contribution in [0, 0.1) is 6.92 Å². The van der Waals surface area contributed by atoms with Gasteiger partial charge in [-0.25, -0.2) is 4.98 Å². The second-order valence-electron chi connectivity index (χ2n) is 5.76. The highest BCUT2D eigenvalue weighted by atomic mass is 32.2. The Morgan fingerprint density at radius 1 is 1.27 bits per heavy atom. The molecule has 0 saturated carbocycles. The van der Waals surface area contributed by atoms with Crippen LogP contribution in [0.5, 0.6) is 0 Å². The van der Waals surface area contributed by atoms with Gasteiger partial charge in [-0.3, -0.25) is 14.9 Å². The number of hydrogen-bond acceptors (Lipinski definition) is 6. The Morgan fingerprint density at radius 2 is 2.15 bits per heavy atom. The number of thiophene rings is 1. The first-order valence-corrected chi connectivity index (χ1v) is 10.7. The van der Waals surface area contributed by atoms with Crippen LogP contribution in [-0.4, -0.2) is 22.6 Å². The second-order valence-corrected chi connectivity index (χ2v) is 9.04. The first-order chi connectivity index (χ1) is 12.6. The van der Waals surface area contributed by atoms with E-state index in [2.05, 4.69) is 28.6 Å². The number of anilines is 2. The summed E-state index contributed by atoms with van der Waals surface area (Å²) in [6, 6.07) is 9.46. The Hall–Kier alpha value is -2.16. The zero-order valence-corrected chi connectivity index (χ0v) is 16.3. The highest BCUT2D eigenvalue weighted by Crippen LogP contribution is 2.33. The van der Waals surface area contributed by atoms with Crippen molar-refractivity contribution in [2.45, 2.75) is 18.2 Å². The van der Waals surface area contributed by atoms with Crippen molar-refractivity contribution >= 4 is 57.1 Å². The summed E-state index contributed by atoms with van der Waals surface area (Å²) in [4.78, 5) is 32.1. The van der Waals surface area contributed by atoms with Crippen molar-refractivity contribution in [1.29, 1.82) is 0 Å². The van der Waals surface area contributed by atoms with Crippen LogP contribution in [0.4, 0.5) is 10.8 Å². The minimum atomic E-state index is -0.237. The number of fused-ring (bicyclic) bond motifs is 1. The van der Waals surface area contributed by atoms with Gasteiger partial charge in [-0.05, 0) is 37.3 Å². The average molecular weight is 402 g/mol. The number of nitrogens with zero attached hydrogens (tertiary/aromatic N) is 1. The van der Waals surface area contributed by atoms with E-state index in [1.54, 1.807) is 35.2 Å². The molecule has 0 bridgehead atoms. The number of amides is 2. The summed E-state index contributed by atoms with van der Waals surface area (Å²) < 4.78 is 0. The van der Waals surface area contributed by atoms with E-state index in [1.807, 2.05) is 17.5 Å². The van der Waals surface area contributed by atoms with Gasteiger partial charge in [0.05, 0.1) is 16.3 Å². The molecule has 0 spiro atoms. The number of aryl methyl sites for hydroxylation is 1. The smallest absolute Gasteiger partial charge is 0.257 e. The third kappa shape index (κ3) is 3.67. The summed E-state index contributed by atoms with van der Waals surface area (Å²) >= 11 is 4.69. The Morgan fingerprint density at radius 3 is 2.96 bits per heavy atom. The van der Waals surface area contributed by atoms with E-state index in [9.17, 15) is 9.59 Å². The number of carbonyl (C=O) groups excluding carboxylic acids is 2. The molecule has 1 aliphatic rings. The third-order valence-electron chi connectivity index (χ3n) is 3.82. The van der Waals surface area contributed by atoms with Crippen LogP contribution < -0.4 is 10.6 Å². The van der Waals surface area contributed by atoms with Gasteiger partial charge in [-0.1, -0.05) is 0 Å². The van der Waals surface area contributed by atoms with E-state index < -0.39 is 0 Å². The van der Waals surface area contributed by atoms with Crippen molar-refractivity contribution in [2.24, 2.45) is 0 Å². The fourth-order valence-electron chi connectivity index (χ4n) is 2.55. The maximum Gasteiger partial charge on any atom is 0.257 e. The molecule has 8 heteroatoms. The summed E-state index contributed by atoms with van der Waals surface area (Å²) in [6.45, 7) is 2.05. The predicted molar refractivity (Wildman–Crippen MR) is 109 cm³/mol. The van der Waals surface area contributed by atoms with Gasteiger partial charge in [0, 0.05) is 32.9 Å². The molecule has 0 unspecified atom stereocenters. The Balaban J connectivity index is 1.52. The lowest BCUT2D eigenvalue weighted by atomic mass is 10.2. The lowest BCUT2D eigenvalue weighted by Crippen LogP contribution is -2.14. The van der Waals surface area contributed by atoms with E-state index in [4.69, 9.17) is 0 Å². The van der Waals surface area contributed by atoms with Crippen LogP contribution in [-0.2, 0) is 4.79 Å². The molecule has 26 heavy (non-hydrogen) atoms. The van der Waals surface area contributed by atoms with Gasteiger partial charge in [0.1, 0.15) is 0 Å². The normalized spacial score (nSPS) is 13.7. The molecule has 3 heterocycles. The van der Waals surface area contributed by atoms with Crippen molar-refractivity contribution in [3.05, 3.63) is 46.2 Å².